The third kappa shape index (κ3) is 70.8. The molecule has 0 aromatic heterocycles. The molecule has 35 nitrogen and oxygen atoms in total. The van der Waals surface area contributed by atoms with Crippen LogP contribution in [0.3, 0.4) is 0 Å². The van der Waals surface area contributed by atoms with Crippen LogP contribution >= 0.6 is 0 Å². The van der Waals surface area contributed by atoms with Crippen LogP contribution in [0.4, 0.5) is 0 Å². The predicted molar refractivity (Wildman–Crippen MR) is 453 cm³/mol. The molecule has 4 unspecified atom stereocenters. The summed E-state index contributed by atoms with van der Waals surface area (Å²) in [4.78, 5) is 157. The first-order valence-corrected chi connectivity index (χ1v) is 43.1. The fourth-order valence-corrected chi connectivity index (χ4v) is 11.7. The largest absolute Gasteiger partial charge is 0.370 e. The van der Waals surface area contributed by atoms with Crippen molar-refractivity contribution in [1.82, 2.24) is 75.5 Å². The number of unbranched alkanes of at least 4 members (excludes halogenated alkanes) is 24. The second-order valence-electron chi connectivity index (χ2n) is 29.7. The zero-order valence-electron chi connectivity index (χ0n) is 71.3. The first kappa shape index (κ1) is 107. The number of hydrazone groups is 4. The molecule has 0 spiro atoms. The number of aliphatic imine (C=N–C) groups is 1. The zero-order chi connectivity index (χ0) is 84.8. The minimum absolute atomic E-state index is 0.00248. The molecule has 10 amide bonds. The van der Waals surface area contributed by atoms with E-state index in [2.05, 4.69) is 149 Å². The Balaban J connectivity index is 6.03. The summed E-state index contributed by atoms with van der Waals surface area (Å²) in [6.45, 7) is 15.3. The Morgan fingerprint density at radius 3 is 0.809 bits per heavy atom. The van der Waals surface area contributed by atoms with Crippen LogP contribution in [0.5, 0.6) is 0 Å². The van der Waals surface area contributed by atoms with Crippen LogP contribution in [0.2, 0.25) is 0 Å². The molecule has 0 fully saturated rings. The van der Waals surface area contributed by atoms with Gasteiger partial charge in [-0.25, -0.2) is 24.3 Å². The number of hydrogen-bond acceptors (Lipinski definition) is 23. The lowest BCUT2D eigenvalue weighted by molar-refractivity contribution is -0.131. The molecular formula is C80H153N21O14. The topological polar surface area (TPSA) is 490 Å². The molecule has 662 valence electrons. The van der Waals surface area contributed by atoms with Crippen molar-refractivity contribution in [2.45, 2.75) is 318 Å². The molecule has 0 aromatic rings. The Hall–Kier alpha value is -8.31. The van der Waals surface area contributed by atoms with Gasteiger partial charge >= 0.3 is 0 Å². The molecule has 0 heterocycles. The van der Waals surface area contributed by atoms with Gasteiger partial charge in [-0.2, -0.15) is 42.8 Å². The van der Waals surface area contributed by atoms with Crippen LogP contribution in [0.1, 0.15) is 299 Å². The Labute approximate surface area is 686 Å². The maximum absolute atomic E-state index is 14.1. The number of carbonyl (C=O) groups is 10. The van der Waals surface area contributed by atoms with Crippen molar-refractivity contribution in [3.63, 3.8) is 0 Å². The van der Waals surface area contributed by atoms with Crippen molar-refractivity contribution < 1.29 is 67.3 Å². The van der Waals surface area contributed by atoms with Gasteiger partial charge in [0.25, 0.3) is 0 Å². The normalized spacial score (nSPS) is 13.2. The minimum atomic E-state index is -1.51. The Morgan fingerprint density at radius 1 is 0.287 bits per heavy atom. The highest BCUT2D eigenvalue weighted by Crippen LogP contribution is 2.16. The molecule has 0 aromatic carbocycles. The maximum Gasteiger partial charge on any atom is 0.248 e. The lowest BCUT2D eigenvalue weighted by Crippen LogP contribution is -2.51. The van der Waals surface area contributed by atoms with Gasteiger partial charge in [-0.1, -0.05) is 235 Å². The van der Waals surface area contributed by atoms with E-state index in [1.807, 2.05) is 6.92 Å². The fourth-order valence-electron chi connectivity index (χ4n) is 11.7. The third-order valence-electron chi connectivity index (χ3n) is 18.5. The quantitative estimate of drug-likeness (QED) is 0.0126. The molecule has 18 N–H and O–H groups in total. The monoisotopic (exact) mass is 1630 g/mol. The highest BCUT2D eigenvalue weighted by atomic mass is 16.7. The van der Waals surface area contributed by atoms with Gasteiger partial charge in [0.1, 0.15) is 18.1 Å². The van der Waals surface area contributed by atoms with E-state index in [-0.39, 0.29) is 128 Å². The van der Waals surface area contributed by atoms with Gasteiger partial charge in [0.15, 0.2) is 32.4 Å². The third-order valence-corrected chi connectivity index (χ3v) is 18.5. The van der Waals surface area contributed by atoms with Gasteiger partial charge in [0.05, 0.1) is 0 Å². The number of nitrogens with two attached hydrogens (primary N) is 2. The number of nitrogens with one attached hydrogen (secondary N) is 14. The molecule has 7 atom stereocenters. The van der Waals surface area contributed by atoms with Crippen molar-refractivity contribution in [3.8, 4) is 0 Å². The van der Waals surface area contributed by atoms with E-state index in [1.54, 1.807) is 24.9 Å². The van der Waals surface area contributed by atoms with Gasteiger partial charge in [-0.15, -0.1) is 0 Å². The second kappa shape index (κ2) is 77.0. The Bertz CT molecular complexity index is 2710. The van der Waals surface area contributed by atoms with Crippen molar-refractivity contribution in [3.05, 3.63) is 0 Å². The van der Waals surface area contributed by atoms with E-state index in [0.717, 1.165) is 57.8 Å². The lowest BCUT2D eigenvalue weighted by atomic mass is 10.0. The van der Waals surface area contributed by atoms with E-state index < -0.39 is 96.2 Å². The van der Waals surface area contributed by atoms with Crippen molar-refractivity contribution >= 4 is 89.9 Å². The summed E-state index contributed by atoms with van der Waals surface area (Å²) < 4.78 is 0. The smallest absolute Gasteiger partial charge is 0.248 e. The van der Waals surface area contributed by atoms with Crippen molar-refractivity contribution in [2.24, 2.45) is 60.5 Å². The van der Waals surface area contributed by atoms with Gasteiger partial charge in [0.2, 0.25) is 59.1 Å². The number of carbonyl (C=O) groups excluding carboxylic acids is 10. The summed E-state index contributed by atoms with van der Waals surface area (Å²) in [7, 11) is 0. The number of guanidine groups is 1. The average molecular weight is 1630 g/mol. The molecule has 115 heavy (non-hydrogen) atoms. The number of amides is 10. The second-order valence-corrected chi connectivity index (χ2v) is 29.7. The van der Waals surface area contributed by atoms with Crippen LogP contribution in [0.25, 0.3) is 0 Å². The SMILES string of the molecule is CCCCCCCCCC(C)/C=N/NOCC(=O)NCCNC(=O)CC[C@H](NC(=O)CC[C@H](N=C(N)N)C(=O)N[C@@H](CCC(=O)NCCNC(=O)CON/N=C/C(C)CCCCCCCCC)C(=O)NCCNC(=O)CON/N=C/C(C)CCCCCCCCC)C(=O)NCCNC(=O)CON/N=C/C(C)CCCCCCCCC. The summed E-state index contributed by atoms with van der Waals surface area (Å²) in [5.74, 6) is -5.90. The van der Waals surface area contributed by atoms with Gasteiger partial charge < -0.3 is 64.6 Å². The summed E-state index contributed by atoms with van der Waals surface area (Å²) >= 11 is 0. The van der Waals surface area contributed by atoms with Gasteiger partial charge in [-0.3, -0.25) is 47.9 Å². The van der Waals surface area contributed by atoms with Crippen LogP contribution < -0.4 is 87.0 Å². The van der Waals surface area contributed by atoms with E-state index in [1.165, 1.54) is 148 Å². The predicted octanol–water partition coefficient (Wildman–Crippen LogP) is 7.00. The molecule has 0 bridgehead atoms. The zero-order valence-corrected chi connectivity index (χ0v) is 71.3. The Morgan fingerprint density at radius 2 is 0.530 bits per heavy atom. The summed E-state index contributed by atoms with van der Waals surface area (Å²) in [6.07, 6.45) is 42.9. The first-order valence-electron chi connectivity index (χ1n) is 43.1. The molecular weight excluding hydrogens is 1480 g/mol. The fraction of sp³-hybridized carbons (Fsp3) is 0.812. The van der Waals surface area contributed by atoms with E-state index >= 15 is 0 Å². The lowest BCUT2D eigenvalue weighted by Gasteiger charge is -2.22. The number of rotatable bonds is 79. The van der Waals surface area contributed by atoms with E-state index in [0.29, 0.717) is 0 Å². The molecule has 35 heteroatoms. The maximum atomic E-state index is 14.1. The number of nitrogens with zero attached hydrogens (tertiary/aromatic N) is 5. The van der Waals surface area contributed by atoms with Crippen molar-refractivity contribution in [2.75, 3.05) is 78.8 Å². The van der Waals surface area contributed by atoms with Gasteiger partial charge in [-0.05, 0) is 68.6 Å². The Kier molecular flexibility index (Phi) is 71.4. The highest BCUT2D eigenvalue weighted by Gasteiger charge is 2.29. The van der Waals surface area contributed by atoms with Crippen LogP contribution in [-0.4, -0.2) is 187 Å². The van der Waals surface area contributed by atoms with Gasteiger partial charge in [0, 0.05) is 96.5 Å². The molecule has 0 saturated heterocycles. The minimum Gasteiger partial charge on any atom is -0.370 e. The molecule has 0 aliphatic heterocycles. The van der Waals surface area contributed by atoms with Crippen LogP contribution in [0.15, 0.2) is 25.4 Å². The molecule has 0 rings (SSSR count). The average Bonchev–Trinajstić information content (AvgIpc) is 0.888. The van der Waals surface area contributed by atoms with Crippen molar-refractivity contribution in [1.29, 1.82) is 0 Å². The van der Waals surface area contributed by atoms with E-state index in [4.69, 9.17) is 30.8 Å². The molecule has 0 radical (unpaired) electrons. The summed E-state index contributed by atoms with van der Waals surface area (Å²) in [5, 5.41) is 42.5. The van der Waals surface area contributed by atoms with Crippen LogP contribution in [0, 0.1) is 23.7 Å². The molecule has 0 aliphatic carbocycles. The standard InChI is InChI=1S/C80H153N21O14/c1-9-13-17-21-25-29-33-37-63(5)55-91-98-112-59-73(105)85-49-47-83-70(102)44-41-67(77(109)89-53-51-87-75(107)61-114-100-93-57-65(7)39-35-31-27-23-19-15-11-3)95-72(104)46-43-69(97-80(81)82)79(111)96-68(78(110)90-54-52-88-76(108)62-115-101-94-58-66(8)40-36-32-28-24-20-16-12-4)42-45-71(103)84-48-50-86-74(106)60-113-99-92-56-64(6)38-34-30-26-22-18-14-10-2/h55-58,63-69,98-101H,9-54,59-62H2,1-8H3,(H,83,102)(H,84,103)(H,85,105)(H,86,106)(H,87,107)(H,88,108)(H,89,109)(H,90,110)(H,95,104)(H,96,111)(H4,81,82,97)/b91-55+,92-56+,93-57+,94-58+/t63?,64?,65?,66?,67-,68-,69-/m0/s1. The van der Waals surface area contributed by atoms with E-state index in [9.17, 15) is 47.9 Å². The first-order chi connectivity index (χ1) is 55.6. The molecule has 0 aliphatic rings. The highest BCUT2D eigenvalue weighted by molar-refractivity contribution is 5.93. The summed E-state index contributed by atoms with van der Waals surface area (Å²) in [5.41, 5.74) is 21.3. The number of hydrogen-bond donors (Lipinski definition) is 16. The van der Waals surface area contributed by atoms with Crippen LogP contribution in [-0.2, 0) is 67.3 Å². The summed E-state index contributed by atoms with van der Waals surface area (Å²) in [6, 6.07) is -4.25. The molecule has 0 saturated carbocycles.